The summed E-state index contributed by atoms with van der Waals surface area (Å²) in [7, 11) is -4.47. The predicted molar refractivity (Wildman–Crippen MR) is 124 cm³/mol. The molecule has 0 aromatic carbocycles. The van der Waals surface area contributed by atoms with E-state index in [9.17, 15) is 24.1 Å². The van der Waals surface area contributed by atoms with Gasteiger partial charge in [0.2, 0.25) is 19.8 Å². The number of hydrogen-bond acceptors (Lipinski definition) is 13. The number of nitrogens with zero attached hydrogens (tertiary/aromatic N) is 2. The molecule has 1 aromatic rings. The molecule has 0 fully saturated rings. The zero-order valence-corrected chi connectivity index (χ0v) is 21.9. The molecular formula is C21H32N3O11P. The molecule has 3 N–H and O–H groups in total. The number of nitrogen functional groups attached to an aromatic ring is 1. The van der Waals surface area contributed by atoms with Gasteiger partial charge in [-0.2, -0.15) is 4.98 Å². The number of carbonyl (C=O) groups excluding carboxylic acids is 2. The Hall–Kier alpha value is -2.77. The molecule has 202 valence electrons. The SMILES string of the molecule is CC(C)(C)C(=O)OCOP(=O)(OCOC(=O)C(C)(C)C)OCC1=C[C@@H](O)C(n2ccc(N)nc2=O)O1. The van der Waals surface area contributed by atoms with Crippen molar-refractivity contribution < 1.29 is 47.0 Å². The van der Waals surface area contributed by atoms with E-state index in [4.69, 9.17) is 33.5 Å². The number of nitrogens with two attached hydrogens (primary N) is 1. The first-order valence-corrected chi connectivity index (χ1v) is 12.3. The van der Waals surface area contributed by atoms with Crippen molar-refractivity contribution >= 4 is 25.6 Å². The number of carbonyl (C=O) groups is 2. The third-order valence-corrected chi connectivity index (χ3v) is 5.73. The number of aliphatic hydroxyl groups is 1. The molecule has 1 aromatic heterocycles. The van der Waals surface area contributed by atoms with E-state index in [0.717, 1.165) is 4.57 Å². The van der Waals surface area contributed by atoms with Crippen molar-refractivity contribution in [2.45, 2.75) is 53.9 Å². The van der Waals surface area contributed by atoms with Gasteiger partial charge in [-0.3, -0.25) is 18.7 Å². The summed E-state index contributed by atoms with van der Waals surface area (Å²) in [5, 5.41) is 10.3. The van der Waals surface area contributed by atoms with E-state index < -0.39 is 68.8 Å². The zero-order chi connectivity index (χ0) is 27.3. The Morgan fingerprint density at radius 2 is 1.61 bits per heavy atom. The molecule has 1 aliphatic heterocycles. The lowest BCUT2D eigenvalue weighted by Gasteiger charge is -2.22. The standard InChI is InChI=1S/C21H32N3O11P/c1-20(2,3)17(26)30-11-33-36(29,34-12-31-18(27)21(4,5)6)32-10-13-9-14(25)16(35-13)24-8-7-15(22)23-19(24)28/h7-9,14,16,25H,10-12H2,1-6H3,(H2,22,23,28)/t14-,16?/m1/s1. The van der Waals surface area contributed by atoms with Crippen LogP contribution in [0, 0.1) is 10.8 Å². The molecule has 36 heavy (non-hydrogen) atoms. The second-order valence-electron chi connectivity index (χ2n) is 9.75. The van der Waals surface area contributed by atoms with E-state index in [1.165, 1.54) is 18.3 Å². The third kappa shape index (κ3) is 8.42. The Morgan fingerprint density at radius 3 is 2.08 bits per heavy atom. The summed E-state index contributed by atoms with van der Waals surface area (Å²) < 4.78 is 44.8. The number of ether oxygens (including phenoxy) is 3. The second kappa shape index (κ2) is 11.5. The fourth-order valence-electron chi connectivity index (χ4n) is 2.44. The summed E-state index contributed by atoms with van der Waals surface area (Å²) in [6.07, 6.45) is 0.0664. The van der Waals surface area contributed by atoms with Gasteiger partial charge in [-0.1, -0.05) is 0 Å². The van der Waals surface area contributed by atoms with Crippen LogP contribution in [0.5, 0.6) is 0 Å². The lowest BCUT2D eigenvalue weighted by atomic mass is 9.98. The Kier molecular flexibility index (Phi) is 9.43. The summed E-state index contributed by atoms with van der Waals surface area (Å²) in [6, 6.07) is 1.35. The van der Waals surface area contributed by atoms with Crippen molar-refractivity contribution in [2.75, 3.05) is 25.9 Å². The maximum absolute atomic E-state index is 13.1. The predicted octanol–water partition coefficient (Wildman–Crippen LogP) is 1.85. The van der Waals surface area contributed by atoms with Crippen LogP contribution >= 0.6 is 7.82 Å². The van der Waals surface area contributed by atoms with E-state index in [1.807, 2.05) is 0 Å². The largest absolute Gasteiger partial charge is 0.481 e. The summed E-state index contributed by atoms with van der Waals surface area (Å²) in [4.78, 5) is 39.5. The molecule has 1 aliphatic rings. The molecule has 0 saturated carbocycles. The van der Waals surface area contributed by atoms with Crippen LogP contribution in [0.3, 0.4) is 0 Å². The van der Waals surface area contributed by atoms with Gasteiger partial charge < -0.3 is 25.1 Å². The first-order chi connectivity index (χ1) is 16.5. The van der Waals surface area contributed by atoms with Crippen LogP contribution in [0.15, 0.2) is 28.9 Å². The number of phosphoric acid groups is 1. The topological polar surface area (TPSA) is 188 Å². The van der Waals surface area contributed by atoms with E-state index in [0.29, 0.717) is 0 Å². The molecule has 0 aliphatic carbocycles. The average Bonchev–Trinajstić information content (AvgIpc) is 3.11. The monoisotopic (exact) mass is 533 g/mol. The molecule has 2 heterocycles. The van der Waals surface area contributed by atoms with Gasteiger partial charge in [0.15, 0.2) is 0 Å². The van der Waals surface area contributed by atoms with Crippen molar-refractivity contribution in [1.82, 2.24) is 9.55 Å². The van der Waals surface area contributed by atoms with Crippen molar-refractivity contribution in [3.8, 4) is 0 Å². The second-order valence-corrected chi connectivity index (χ2v) is 11.4. The molecule has 14 nitrogen and oxygen atoms in total. The Morgan fingerprint density at radius 1 is 1.08 bits per heavy atom. The first-order valence-electron chi connectivity index (χ1n) is 10.8. The molecule has 0 bridgehead atoms. The average molecular weight is 533 g/mol. The third-order valence-electron chi connectivity index (χ3n) is 4.44. The molecule has 0 saturated heterocycles. The molecule has 0 amide bonds. The van der Waals surface area contributed by atoms with E-state index in [-0.39, 0.29) is 11.6 Å². The van der Waals surface area contributed by atoms with Crippen molar-refractivity contribution in [3.63, 3.8) is 0 Å². The van der Waals surface area contributed by atoms with Gasteiger partial charge in [-0.25, -0.2) is 18.4 Å². The maximum atomic E-state index is 13.1. The van der Waals surface area contributed by atoms with Crippen LogP contribution in [0.4, 0.5) is 5.82 Å². The summed E-state index contributed by atoms with van der Waals surface area (Å²) in [5.41, 5.74) is 3.02. The van der Waals surface area contributed by atoms with Crippen LogP contribution in [0.2, 0.25) is 0 Å². The molecular weight excluding hydrogens is 501 g/mol. The van der Waals surface area contributed by atoms with Gasteiger partial charge in [0, 0.05) is 6.20 Å². The quantitative estimate of drug-likeness (QED) is 0.252. The number of esters is 2. The highest BCUT2D eigenvalue weighted by atomic mass is 31.2. The number of anilines is 1. The fraction of sp³-hybridized carbons (Fsp3) is 0.619. The van der Waals surface area contributed by atoms with Gasteiger partial charge in [-0.15, -0.1) is 0 Å². The van der Waals surface area contributed by atoms with Crippen molar-refractivity contribution in [3.05, 3.63) is 34.6 Å². The Bertz CT molecular complexity index is 1050. The minimum Gasteiger partial charge on any atom is -0.469 e. The normalized spacial score (nSPS) is 18.4. The summed E-state index contributed by atoms with van der Waals surface area (Å²) in [6.45, 7) is 7.58. The van der Waals surface area contributed by atoms with Crippen molar-refractivity contribution in [1.29, 1.82) is 0 Å². The molecule has 0 radical (unpaired) electrons. The zero-order valence-electron chi connectivity index (χ0n) is 21.0. The van der Waals surface area contributed by atoms with Crippen molar-refractivity contribution in [2.24, 2.45) is 10.8 Å². The number of hydrogen-bond donors (Lipinski definition) is 2. The smallest absolute Gasteiger partial charge is 0.469 e. The minimum atomic E-state index is -4.47. The molecule has 0 spiro atoms. The molecule has 2 atom stereocenters. The van der Waals surface area contributed by atoms with Crippen LogP contribution in [-0.4, -0.2) is 52.9 Å². The van der Waals surface area contributed by atoms with Gasteiger partial charge in [0.05, 0.1) is 10.8 Å². The minimum absolute atomic E-state index is 0.00480. The van der Waals surface area contributed by atoms with E-state index in [2.05, 4.69) is 4.98 Å². The highest BCUT2D eigenvalue weighted by molar-refractivity contribution is 7.48. The molecule has 15 heteroatoms. The Balaban J connectivity index is 2.04. The Labute approximate surface area is 207 Å². The van der Waals surface area contributed by atoms with Gasteiger partial charge in [-0.05, 0) is 53.7 Å². The molecule has 2 rings (SSSR count). The molecule has 1 unspecified atom stereocenters. The number of aromatic nitrogens is 2. The maximum Gasteiger partial charge on any atom is 0.481 e. The summed E-state index contributed by atoms with van der Waals surface area (Å²) >= 11 is 0. The lowest BCUT2D eigenvalue weighted by Crippen LogP contribution is -2.32. The number of aliphatic hydroxyl groups excluding tert-OH is 1. The van der Waals surface area contributed by atoms with Crippen LogP contribution in [0.25, 0.3) is 0 Å². The summed E-state index contributed by atoms with van der Waals surface area (Å²) in [5.74, 6) is -1.29. The highest BCUT2D eigenvalue weighted by Gasteiger charge is 2.35. The lowest BCUT2D eigenvalue weighted by molar-refractivity contribution is -0.163. The van der Waals surface area contributed by atoms with E-state index >= 15 is 0 Å². The van der Waals surface area contributed by atoms with E-state index in [1.54, 1.807) is 41.5 Å². The van der Waals surface area contributed by atoms with Gasteiger partial charge >= 0.3 is 25.5 Å². The number of rotatable bonds is 10. The van der Waals surface area contributed by atoms with Crippen LogP contribution in [-0.2, 0) is 41.9 Å². The van der Waals surface area contributed by atoms with Crippen LogP contribution < -0.4 is 11.4 Å². The van der Waals surface area contributed by atoms with Crippen LogP contribution in [0.1, 0.15) is 47.8 Å². The first kappa shape index (κ1) is 29.5. The van der Waals surface area contributed by atoms with Gasteiger partial charge in [0.25, 0.3) is 0 Å². The fourth-order valence-corrected chi connectivity index (χ4v) is 3.31. The highest BCUT2D eigenvalue weighted by Crippen LogP contribution is 2.50. The number of phosphoric ester groups is 1. The van der Waals surface area contributed by atoms with Gasteiger partial charge in [0.1, 0.15) is 24.3 Å².